The Kier molecular flexibility index (Phi) is 21.9. The molecule has 0 radical (unpaired) electrons. The van der Waals surface area contributed by atoms with Gasteiger partial charge in [0.05, 0.1) is 79.2 Å². The lowest BCUT2D eigenvalue weighted by Crippen LogP contribution is -2.62. The van der Waals surface area contributed by atoms with Crippen LogP contribution in [0.1, 0.15) is 102 Å². The van der Waals surface area contributed by atoms with Crippen LogP contribution in [0.2, 0.25) is 0 Å². The zero-order chi connectivity index (χ0) is 50.9. The summed E-state index contributed by atoms with van der Waals surface area (Å²) in [7, 11) is 4.69. The molecule has 20 nitrogen and oxygen atoms in total. The lowest BCUT2D eigenvalue weighted by molar-refractivity contribution is -0.317. The number of hydrogen-bond donors (Lipinski definition) is 5. The van der Waals surface area contributed by atoms with Gasteiger partial charge in [-0.05, 0) is 67.3 Å². The Balaban J connectivity index is 1.80. The minimum Gasteiger partial charge on any atom is -0.459 e. The first kappa shape index (κ1) is 58.4. The van der Waals surface area contributed by atoms with Crippen LogP contribution in [-0.4, -0.2) is 223 Å². The minimum atomic E-state index is -2.00. The number of methoxy groups -OCH3 is 2. The van der Waals surface area contributed by atoms with Crippen molar-refractivity contribution in [2.24, 2.45) is 28.8 Å². The second kappa shape index (κ2) is 25.5. The molecule has 4 saturated heterocycles. The van der Waals surface area contributed by atoms with Crippen LogP contribution in [0.4, 0.5) is 0 Å². The molecule has 4 aliphatic heterocycles. The van der Waals surface area contributed by atoms with Gasteiger partial charge in [-0.25, -0.2) is 0 Å². The number of amides is 1. The second-order valence-electron chi connectivity index (χ2n) is 20.5. The molecule has 0 aromatic rings. The van der Waals surface area contributed by atoms with E-state index in [0.29, 0.717) is 13.0 Å². The molecule has 0 aromatic heterocycles. The van der Waals surface area contributed by atoms with Crippen molar-refractivity contribution in [3.05, 3.63) is 0 Å². The summed E-state index contributed by atoms with van der Waals surface area (Å²) in [4.78, 5) is 40.0. The molecule has 4 fully saturated rings. The van der Waals surface area contributed by atoms with E-state index < -0.39 is 114 Å². The predicted molar refractivity (Wildman–Crippen MR) is 250 cm³/mol. The molecule has 20 heteroatoms. The molecule has 68 heavy (non-hydrogen) atoms. The fourth-order valence-corrected chi connectivity index (χ4v) is 10.6. The van der Waals surface area contributed by atoms with Crippen molar-refractivity contribution in [3.63, 3.8) is 0 Å². The first-order chi connectivity index (χ1) is 31.9. The van der Waals surface area contributed by atoms with Crippen molar-refractivity contribution >= 4 is 17.6 Å². The Morgan fingerprint density at radius 1 is 0.882 bits per heavy atom. The molecule has 0 spiro atoms. The highest BCUT2D eigenvalue weighted by Gasteiger charge is 2.54. The molecule has 1 amide bonds. The third-order valence-corrected chi connectivity index (χ3v) is 15.1. The second-order valence-corrected chi connectivity index (χ2v) is 20.5. The Morgan fingerprint density at radius 2 is 1.53 bits per heavy atom. The monoisotopic (exact) mass is 977 g/mol. The van der Waals surface area contributed by atoms with Gasteiger partial charge in [-0.1, -0.05) is 39.8 Å². The van der Waals surface area contributed by atoms with Gasteiger partial charge in [-0.3, -0.25) is 14.5 Å². The summed E-state index contributed by atoms with van der Waals surface area (Å²) in [6.07, 6.45) is -10.8. The summed E-state index contributed by atoms with van der Waals surface area (Å²) in [5.41, 5.74) is -4.70. The zero-order valence-corrected chi connectivity index (χ0v) is 43.4. The first-order valence-electron chi connectivity index (χ1n) is 24.7. The fourth-order valence-electron chi connectivity index (χ4n) is 10.6. The Bertz CT molecular complexity index is 1600. The van der Waals surface area contributed by atoms with Crippen molar-refractivity contribution in [3.8, 4) is 0 Å². The number of likely N-dealkylation sites (N-methyl/N-ethyl adjacent to an activating group) is 2. The quantitative estimate of drug-likeness (QED) is 0.0641. The summed E-state index contributed by atoms with van der Waals surface area (Å²) >= 11 is 0. The maximum atomic E-state index is 14.5. The molecular formula is C48H88N4O16. The van der Waals surface area contributed by atoms with E-state index in [2.05, 4.69) is 21.9 Å². The van der Waals surface area contributed by atoms with Crippen molar-refractivity contribution in [1.29, 1.82) is 0 Å². The highest BCUT2D eigenvalue weighted by Crippen LogP contribution is 2.41. The number of esters is 1. The summed E-state index contributed by atoms with van der Waals surface area (Å²) in [6.45, 7) is 23.5. The number of carbonyl (C=O) groups excluding carboxylic acids is 2. The average molecular weight is 977 g/mol. The summed E-state index contributed by atoms with van der Waals surface area (Å²) in [5.74, 6) is -4.58. The molecule has 4 aliphatic rings. The molecule has 4 heterocycles. The van der Waals surface area contributed by atoms with Crippen molar-refractivity contribution in [2.45, 2.75) is 186 Å². The van der Waals surface area contributed by atoms with E-state index >= 15 is 0 Å². The van der Waals surface area contributed by atoms with Crippen molar-refractivity contribution < 1.29 is 77.9 Å². The highest BCUT2D eigenvalue weighted by atomic mass is 16.7. The van der Waals surface area contributed by atoms with E-state index in [0.717, 1.165) is 32.7 Å². The van der Waals surface area contributed by atoms with Crippen molar-refractivity contribution in [1.82, 2.24) is 14.7 Å². The van der Waals surface area contributed by atoms with Crippen LogP contribution in [0.5, 0.6) is 0 Å². The minimum absolute atomic E-state index is 0.0582. The van der Waals surface area contributed by atoms with Gasteiger partial charge in [0.15, 0.2) is 12.6 Å². The van der Waals surface area contributed by atoms with Crippen LogP contribution >= 0.6 is 0 Å². The molecule has 0 saturated carbocycles. The summed E-state index contributed by atoms with van der Waals surface area (Å²) < 4.78 is 48.7. The Morgan fingerprint density at radius 3 is 2.13 bits per heavy atom. The number of piperazine rings is 1. The normalized spacial score (nSPS) is 42.6. The number of oxime groups is 1. The number of nitrogens with zero attached hydrogens (tertiary/aromatic N) is 4. The molecule has 396 valence electrons. The predicted octanol–water partition coefficient (Wildman–Crippen LogP) is 1.74. The van der Waals surface area contributed by atoms with Gasteiger partial charge in [0.2, 0.25) is 12.7 Å². The van der Waals surface area contributed by atoms with Crippen LogP contribution in [0.3, 0.4) is 0 Å². The molecule has 4 rings (SSSR count). The van der Waals surface area contributed by atoms with Gasteiger partial charge in [0.25, 0.3) is 0 Å². The van der Waals surface area contributed by atoms with Gasteiger partial charge in [-0.2, -0.15) is 0 Å². The maximum Gasteiger partial charge on any atom is 0.311 e. The number of aliphatic hydroxyl groups is 5. The fraction of sp³-hybridized carbons (Fsp3) is 0.938. The van der Waals surface area contributed by atoms with Gasteiger partial charge in [0, 0.05) is 71.6 Å². The van der Waals surface area contributed by atoms with E-state index in [1.165, 1.54) is 14.0 Å². The van der Waals surface area contributed by atoms with E-state index in [1.54, 1.807) is 74.4 Å². The molecule has 0 aliphatic carbocycles. The number of carbonyl (C=O) groups is 2. The number of hydrogen-bond acceptors (Lipinski definition) is 19. The van der Waals surface area contributed by atoms with Crippen LogP contribution in [0.15, 0.2) is 5.16 Å². The van der Waals surface area contributed by atoms with Crippen LogP contribution in [0.25, 0.3) is 0 Å². The number of cyclic esters (lactones) is 1. The third-order valence-electron chi connectivity index (χ3n) is 15.1. The van der Waals surface area contributed by atoms with E-state index in [9.17, 15) is 35.1 Å². The van der Waals surface area contributed by atoms with E-state index in [4.69, 9.17) is 42.7 Å². The van der Waals surface area contributed by atoms with E-state index in [1.807, 2.05) is 6.92 Å². The van der Waals surface area contributed by atoms with E-state index in [-0.39, 0.29) is 50.8 Å². The van der Waals surface area contributed by atoms with Crippen molar-refractivity contribution in [2.75, 3.05) is 80.5 Å². The molecular weight excluding hydrogens is 889 g/mol. The average Bonchev–Trinajstić information content (AvgIpc) is 3.29. The Hall–Kier alpha value is -2.15. The lowest BCUT2D eigenvalue weighted by Gasteiger charge is -2.49. The number of ether oxygens (including phenoxy) is 8. The summed E-state index contributed by atoms with van der Waals surface area (Å²) in [5, 5.41) is 64.7. The molecule has 0 aromatic carbocycles. The third kappa shape index (κ3) is 14.3. The first-order valence-corrected chi connectivity index (χ1v) is 24.7. The van der Waals surface area contributed by atoms with Gasteiger partial charge < -0.3 is 78.1 Å². The van der Waals surface area contributed by atoms with Crippen LogP contribution in [-0.2, 0) is 52.3 Å². The largest absolute Gasteiger partial charge is 0.459 e. The highest BCUT2D eigenvalue weighted by molar-refractivity contribution is 5.88. The Labute approximate surface area is 404 Å². The molecule has 5 N–H and O–H groups in total. The topological polar surface area (TPSA) is 240 Å². The molecule has 18 atom stereocenters. The zero-order valence-electron chi connectivity index (χ0n) is 43.4. The molecule has 0 unspecified atom stereocenters. The van der Waals surface area contributed by atoms with Crippen LogP contribution < -0.4 is 0 Å². The number of rotatable bonds is 16. The maximum absolute atomic E-state index is 14.5. The smallest absolute Gasteiger partial charge is 0.311 e. The number of aliphatic hydroxyl groups excluding tert-OH is 3. The van der Waals surface area contributed by atoms with Gasteiger partial charge in [0.1, 0.15) is 23.9 Å². The summed E-state index contributed by atoms with van der Waals surface area (Å²) in [6, 6.07) is -0.717. The van der Waals surface area contributed by atoms with Gasteiger partial charge >= 0.3 is 5.97 Å². The van der Waals surface area contributed by atoms with Crippen LogP contribution in [0, 0.1) is 23.7 Å². The van der Waals surface area contributed by atoms with Gasteiger partial charge in [-0.15, -0.1) is 0 Å². The SMILES string of the molecule is CC[C@H]1OC(=O)[C@H](C)[C@@H](O[C@H]2C[C@@](C)(OC)[C@@H](O)[C@H](C)O2)[C@H](C)[C@@H](O[C@@H]2O[C@H](C)C[C@H](N(C)C(=O)CN3CCN(CC)CC3)[C@H]2O)[C@@](C)(O)C[C@@H](C)/C(=N\OCOCCOC)[C@H](C)[C@@H](O)[C@]1(C)O. The lowest BCUT2D eigenvalue weighted by atomic mass is 9.73. The molecule has 0 bridgehead atoms. The standard InChI is InChI=1S/C48H88N4O16/c1-15-35-48(11,59)41(55)30(5)38(49-63-27-62-22-21-60-13)28(3)24-46(9,58)43(31(6)40(32(7)44(57)66-35)67-37-25-47(10,61-14)42(56)33(8)65-37)68-45-39(54)34(23-29(4)64-45)50(12)36(53)26-52-19-17-51(16-2)18-20-52/h28-35,37,39-43,45,54-56,58-59H,15-27H2,1-14H3/b49-38+/t28-,29-,30+,31+,32-,33+,34+,35-,37+,39-,40+,41-,42+,43-,45+,46+,47-,48-/m1/s1.